The molecule has 1 aromatic carbocycles. The van der Waals surface area contributed by atoms with E-state index in [4.69, 9.17) is 9.47 Å². The number of alkyl carbamates (subject to hydrolysis) is 1. The maximum atomic E-state index is 12.5. The van der Waals surface area contributed by atoms with E-state index in [2.05, 4.69) is 5.32 Å². The second-order valence-corrected chi connectivity index (χ2v) is 7.99. The van der Waals surface area contributed by atoms with Crippen LogP contribution in [-0.4, -0.2) is 35.4 Å². The zero-order valence-electron chi connectivity index (χ0n) is 16.5. The smallest absolute Gasteiger partial charge is 0.408 e. The summed E-state index contributed by atoms with van der Waals surface area (Å²) in [6.07, 6.45) is 1.33. The molecule has 6 heteroatoms. The Kier molecular flexibility index (Phi) is 5.35. The summed E-state index contributed by atoms with van der Waals surface area (Å²) < 4.78 is 12.3. The maximum absolute atomic E-state index is 12.5. The average Bonchev–Trinajstić information content (AvgIpc) is 2.88. The molecule has 142 valence electrons. The fourth-order valence-corrected chi connectivity index (χ4v) is 3.09. The van der Waals surface area contributed by atoms with Crippen LogP contribution in [0.5, 0.6) is 0 Å². The summed E-state index contributed by atoms with van der Waals surface area (Å²) in [5.74, 6) is -0.520. The van der Waals surface area contributed by atoms with Crippen LogP contribution in [0.25, 0.3) is 10.9 Å². The molecular weight excluding hydrogens is 332 g/mol. The predicted octanol–water partition coefficient (Wildman–Crippen LogP) is 3.52. The van der Waals surface area contributed by atoms with Crippen LogP contribution >= 0.6 is 0 Å². The second-order valence-electron chi connectivity index (χ2n) is 7.99. The number of carbonyl (C=O) groups excluding carboxylic acids is 2. The Bertz CT molecular complexity index is 815. The van der Waals surface area contributed by atoms with E-state index in [9.17, 15) is 9.59 Å². The Balaban J connectivity index is 2.45. The quantitative estimate of drug-likeness (QED) is 0.847. The molecule has 0 aliphatic heterocycles. The molecule has 0 aliphatic rings. The third-order valence-corrected chi connectivity index (χ3v) is 4.41. The molecule has 0 aliphatic carbocycles. The first-order chi connectivity index (χ1) is 12.0. The van der Waals surface area contributed by atoms with Crippen LogP contribution in [0.1, 0.15) is 40.2 Å². The number of aromatic nitrogens is 1. The topological polar surface area (TPSA) is 69.6 Å². The molecule has 2 aromatic rings. The van der Waals surface area contributed by atoms with Gasteiger partial charge in [0.2, 0.25) is 0 Å². The van der Waals surface area contributed by atoms with Gasteiger partial charge in [-0.25, -0.2) is 9.59 Å². The van der Waals surface area contributed by atoms with Crippen molar-refractivity contribution in [3.8, 4) is 0 Å². The number of nitrogens with one attached hydrogen (secondary N) is 1. The Morgan fingerprint density at radius 2 is 1.73 bits per heavy atom. The normalized spacial score (nSPS) is 13.3. The summed E-state index contributed by atoms with van der Waals surface area (Å²) in [4.78, 5) is 24.8. The maximum Gasteiger partial charge on any atom is 0.408 e. The molecule has 1 amide bonds. The first kappa shape index (κ1) is 19.8. The summed E-state index contributed by atoms with van der Waals surface area (Å²) in [5.41, 5.74) is 0.623. The first-order valence-corrected chi connectivity index (χ1v) is 8.59. The second kappa shape index (κ2) is 7.02. The average molecular weight is 360 g/mol. The number of para-hydroxylation sites is 1. The lowest BCUT2D eigenvalue weighted by Crippen LogP contribution is -2.53. The van der Waals surface area contributed by atoms with E-state index >= 15 is 0 Å². The third-order valence-electron chi connectivity index (χ3n) is 4.41. The number of esters is 1. The van der Waals surface area contributed by atoms with Crippen LogP contribution < -0.4 is 5.32 Å². The van der Waals surface area contributed by atoms with Crippen LogP contribution in [0.2, 0.25) is 0 Å². The number of nitrogens with zero attached hydrogens (tertiary/aromatic N) is 1. The first-order valence-electron chi connectivity index (χ1n) is 8.59. The van der Waals surface area contributed by atoms with Crippen molar-refractivity contribution in [1.82, 2.24) is 9.88 Å². The fraction of sp³-hybridized carbons (Fsp3) is 0.500. The van der Waals surface area contributed by atoms with Gasteiger partial charge in [-0.2, -0.15) is 0 Å². The number of aryl methyl sites for hydroxylation is 1. The van der Waals surface area contributed by atoms with E-state index in [0.717, 1.165) is 16.5 Å². The number of methoxy groups -OCH3 is 1. The van der Waals surface area contributed by atoms with Gasteiger partial charge in [0.05, 0.1) is 7.11 Å². The SMILES string of the molecule is COC(=O)[C@@H](NC(=O)OC(C)(C)C)C(C)(C)c1cn(C)c2ccccc12. The summed E-state index contributed by atoms with van der Waals surface area (Å²) in [6.45, 7) is 9.14. The lowest BCUT2D eigenvalue weighted by atomic mass is 9.77. The van der Waals surface area contributed by atoms with E-state index in [1.54, 1.807) is 20.8 Å². The van der Waals surface area contributed by atoms with Gasteiger partial charge >= 0.3 is 12.1 Å². The van der Waals surface area contributed by atoms with Gasteiger partial charge in [-0.15, -0.1) is 0 Å². The fourth-order valence-electron chi connectivity index (χ4n) is 3.09. The van der Waals surface area contributed by atoms with E-state index < -0.39 is 29.1 Å². The molecule has 0 bridgehead atoms. The minimum atomic E-state index is -0.895. The van der Waals surface area contributed by atoms with Gasteiger partial charge < -0.3 is 19.4 Å². The molecule has 0 saturated carbocycles. The van der Waals surface area contributed by atoms with Gasteiger partial charge in [0.15, 0.2) is 0 Å². The summed E-state index contributed by atoms with van der Waals surface area (Å²) in [5, 5.41) is 3.72. The van der Waals surface area contributed by atoms with Gasteiger partial charge in [-0.1, -0.05) is 32.0 Å². The minimum absolute atomic E-state index is 0.520. The number of fused-ring (bicyclic) bond motifs is 1. The van der Waals surface area contributed by atoms with Crippen molar-refractivity contribution in [3.05, 3.63) is 36.0 Å². The number of hydrogen-bond donors (Lipinski definition) is 1. The predicted molar refractivity (Wildman–Crippen MR) is 101 cm³/mol. The highest BCUT2D eigenvalue weighted by Gasteiger charge is 2.41. The number of ether oxygens (including phenoxy) is 2. The largest absolute Gasteiger partial charge is 0.467 e. The van der Waals surface area contributed by atoms with Crippen molar-refractivity contribution in [2.24, 2.45) is 7.05 Å². The molecule has 0 fully saturated rings. The molecule has 0 spiro atoms. The number of rotatable bonds is 4. The molecule has 1 N–H and O–H groups in total. The summed E-state index contributed by atoms with van der Waals surface area (Å²) in [7, 11) is 3.27. The molecule has 6 nitrogen and oxygen atoms in total. The Labute approximate surface area is 154 Å². The van der Waals surface area contributed by atoms with E-state index in [1.807, 2.05) is 55.9 Å². The third kappa shape index (κ3) is 4.00. The highest BCUT2D eigenvalue weighted by Crippen LogP contribution is 2.35. The van der Waals surface area contributed by atoms with Crippen LogP contribution in [-0.2, 0) is 26.7 Å². The monoisotopic (exact) mass is 360 g/mol. The number of carbonyl (C=O) groups is 2. The molecule has 1 atom stereocenters. The van der Waals surface area contributed by atoms with E-state index in [-0.39, 0.29) is 0 Å². The van der Waals surface area contributed by atoms with Gasteiger partial charge in [-0.3, -0.25) is 0 Å². The number of hydrogen-bond acceptors (Lipinski definition) is 4. The molecular formula is C20H28N2O4. The van der Waals surface area contributed by atoms with Gasteiger partial charge in [0, 0.05) is 29.6 Å². The lowest BCUT2D eigenvalue weighted by molar-refractivity contribution is -0.144. The number of amides is 1. The zero-order valence-corrected chi connectivity index (χ0v) is 16.5. The standard InChI is InChI=1S/C20H28N2O4/c1-19(2,3)26-18(24)21-16(17(23)25-7)20(4,5)14-12-22(6)15-11-9-8-10-13(14)15/h8-12,16H,1-7H3,(H,21,24)/t16-/m1/s1. The van der Waals surface area contributed by atoms with Crippen molar-refractivity contribution >= 4 is 23.0 Å². The van der Waals surface area contributed by atoms with E-state index in [0.29, 0.717) is 0 Å². The molecule has 26 heavy (non-hydrogen) atoms. The van der Waals surface area contributed by atoms with Crippen LogP contribution in [0.15, 0.2) is 30.5 Å². The minimum Gasteiger partial charge on any atom is -0.467 e. The van der Waals surface area contributed by atoms with Crippen LogP contribution in [0, 0.1) is 0 Å². The van der Waals surface area contributed by atoms with Crippen molar-refractivity contribution in [1.29, 1.82) is 0 Å². The van der Waals surface area contributed by atoms with Gasteiger partial charge in [0.1, 0.15) is 11.6 Å². The van der Waals surface area contributed by atoms with Crippen LogP contribution in [0.4, 0.5) is 4.79 Å². The van der Waals surface area contributed by atoms with Gasteiger partial charge in [-0.05, 0) is 32.4 Å². The molecule has 0 radical (unpaired) electrons. The highest BCUT2D eigenvalue weighted by molar-refractivity contribution is 5.88. The van der Waals surface area contributed by atoms with E-state index in [1.165, 1.54) is 7.11 Å². The molecule has 1 aromatic heterocycles. The van der Waals surface area contributed by atoms with Crippen molar-refractivity contribution in [2.75, 3.05) is 7.11 Å². The Morgan fingerprint density at radius 3 is 2.31 bits per heavy atom. The summed E-state index contributed by atoms with van der Waals surface area (Å²) >= 11 is 0. The highest BCUT2D eigenvalue weighted by atomic mass is 16.6. The van der Waals surface area contributed by atoms with Crippen molar-refractivity contribution in [3.63, 3.8) is 0 Å². The lowest BCUT2D eigenvalue weighted by Gasteiger charge is -2.33. The number of benzene rings is 1. The molecule has 0 saturated heterocycles. The zero-order chi connectivity index (χ0) is 19.7. The summed E-state index contributed by atoms with van der Waals surface area (Å²) in [6, 6.07) is 7.05. The molecule has 1 heterocycles. The van der Waals surface area contributed by atoms with Crippen molar-refractivity contribution in [2.45, 2.75) is 51.7 Å². The van der Waals surface area contributed by atoms with Crippen molar-refractivity contribution < 1.29 is 19.1 Å². The Morgan fingerprint density at radius 1 is 1.12 bits per heavy atom. The van der Waals surface area contributed by atoms with Gasteiger partial charge in [0.25, 0.3) is 0 Å². The molecule has 2 rings (SSSR count). The molecule has 0 unspecified atom stereocenters. The van der Waals surface area contributed by atoms with Crippen LogP contribution in [0.3, 0.4) is 0 Å². The Hall–Kier alpha value is -2.50.